The van der Waals surface area contributed by atoms with Crippen molar-refractivity contribution in [1.29, 1.82) is 0 Å². The van der Waals surface area contributed by atoms with E-state index in [9.17, 15) is 18.0 Å². The van der Waals surface area contributed by atoms with E-state index in [0.29, 0.717) is 35.6 Å². The highest BCUT2D eigenvalue weighted by atomic mass is 32.2. The van der Waals surface area contributed by atoms with Crippen LogP contribution >= 0.6 is 0 Å². The Balaban J connectivity index is 1.86. The van der Waals surface area contributed by atoms with Gasteiger partial charge in [0.25, 0.3) is 5.91 Å². The number of amides is 1. The number of carbonyl (C=O) groups is 2. The fourth-order valence-electron chi connectivity index (χ4n) is 3.56. The number of aromatic amines is 1. The minimum Gasteiger partial charge on any atom is -0.353 e. The second kappa shape index (κ2) is 7.89. The number of aromatic nitrogens is 1. The standard InChI is InChI=1S/C20H25N3O4S/c1-13-18(20(25)22-17-9-7-16(8-10-17)15(3)24)21-14(2)19(13)28(26,27)23-11-5-4-6-12-23/h7-10,21H,4-6,11-12H2,1-3H3,(H,22,25). The molecule has 0 radical (unpaired) electrons. The number of nitrogens with zero attached hydrogens (tertiary/aromatic N) is 1. The van der Waals surface area contributed by atoms with Crippen LogP contribution < -0.4 is 5.32 Å². The molecule has 0 atom stereocenters. The monoisotopic (exact) mass is 403 g/mol. The number of rotatable bonds is 5. The Morgan fingerprint density at radius 3 is 2.21 bits per heavy atom. The maximum atomic E-state index is 13.1. The highest BCUT2D eigenvalue weighted by Crippen LogP contribution is 2.28. The van der Waals surface area contributed by atoms with Gasteiger partial charge < -0.3 is 10.3 Å². The molecule has 8 heteroatoms. The molecule has 150 valence electrons. The first-order valence-electron chi connectivity index (χ1n) is 9.33. The first kappa shape index (κ1) is 20.3. The van der Waals surface area contributed by atoms with Crippen LogP contribution in [0, 0.1) is 13.8 Å². The van der Waals surface area contributed by atoms with E-state index in [1.165, 1.54) is 11.2 Å². The lowest BCUT2D eigenvalue weighted by Crippen LogP contribution is -2.36. The number of hydrogen-bond acceptors (Lipinski definition) is 4. The minimum absolute atomic E-state index is 0.0544. The van der Waals surface area contributed by atoms with Crippen molar-refractivity contribution in [1.82, 2.24) is 9.29 Å². The Bertz CT molecular complexity index is 1000. The molecule has 2 heterocycles. The van der Waals surface area contributed by atoms with E-state index in [0.717, 1.165) is 19.3 Å². The van der Waals surface area contributed by atoms with Gasteiger partial charge in [0.2, 0.25) is 10.0 Å². The average molecular weight is 404 g/mol. The average Bonchev–Trinajstić information content (AvgIpc) is 2.98. The van der Waals surface area contributed by atoms with Gasteiger partial charge >= 0.3 is 0 Å². The van der Waals surface area contributed by atoms with Crippen molar-refractivity contribution in [2.24, 2.45) is 0 Å². The number of Topliss-reactive ketones (excluding diaryl/α,β-unsaturated/α-hetero) is 1. The molecular formula is C20H25N3O4S. The van der Waals surface area contributed by atoms with Crippen molar-refractivity contribution in [3.8, 4) is 0 Å². The highest BCUT2D eigenvalue weighted by molar-refractivity contribution is 7.89. The third-order valence-electron chi connectivity index (χ3n) is 5.06. The molecule has 28 heavy (non-hydrogen) atoms. The summed E-state index contributed by atoms with van der Waals surface area (Å²) in [4.78, 5) is 27.2. The Morgan fingerprint density at radius 1 is 1.04 bits per heavy atom. The lowest BCUT2D eigenvalue weighted by molar-refractivity contribution is 0.101. The number of H-pyrrole nitrogens is 1. The number of benzene rings is 1. The van der Waals surface area contributed by atoms with E-state index < -0.39 is 15.9 Å². The molecular weight excluding hydrogens is 378 g/mol. The molecule has 1 aromatic heterocycles. The summed E-state index contributed by atoms with van der Waals surface area (Å²) < 4.78 is 27.6. The number of nitrogens with one attached hydrogen (secondary N) is 2. The molecule has 0 aliphatic carbocycles. The molecule has 1 aliphatic rings. The predicted molar refractivity (Wildman–Crippen MR) is 107 cm³/mol. The maximum Gasteiger partial charge on any atom is 0.272 e. The number of carbonyl (C=O) groups excluding carboxylic acids is 2. The number of anilines is 1. The van der Waals surface area contributed by atoms with Gasteiger partial charge in [-0.2, -0.15) is 4.31 Å². The van der Waals surface area contributed by atoms with E-state index in [2.05, 4.69) is 10.3 Å². The second-order valence-corrected chi connectivity index (χ2v) is 9.01. The number of sulfonamides is 1. The van der Waals surface area contributed by atoms with Crippen LogP contribution in [0.5, 0.6) is 0 Å². The van der Waals surface area contributed by atoms with Gasteiger partial charge in [0, 0.05) is 30.0 Å². The summed E-state index contributed by atoms with van der Waals surface area (Å²) in [6.45, 7) is 5.81. The zero-order valence-corrected chi connectivity index (χ0v) is 17.1. The topological polar surface area (TPSA) is 99.3 Å². The Hall–Kier alpha value is -2.45. The zero-order valence-electron chi connectivity index (χ0n) is 16.3. The Labute approximate surface area is 165 Å². The van der Waals surface area contributed by atoms with Gasteiger partial charge in [0.05, 0.1) is 0 Å². The molecule has 2 N–H and O–H groups in total. The number of hydrogen-bond donors (Lipinski definition) is 2. The molecule has 0 unspecified atom stereocenters. The van der Waals surface area contributed by atoms with Crippen LogP contribution in [0.2, 0.25) is 0 Å². The summed E-state index contributed by atoms with van der Waals surface area (Å²) in [6, 6.07) is 6.56. The van der Waals surface area contributed by atoms with Crippen molar-refractivity contribution in [3.63, 3.8) is 0 Å². The second-order valence-electron chi connectivity index (χ2n) is 7.13. The predicted octanol–water partition coefficient (Wildman–Crippen LogP) is 3.26. The van der Waals surface area contributed by atoms with Gasteiger partial charge in [0.15, 0.2) is 5.78 Å². The van der Waals surface area contributed by atoms with Crippen LogP contribution in [0.3, 0.4) is 0 Å². The third-order valence-corrected chi connectivity index (χ3v) is 7.23. The van der Waals surface area contributed by atoms with E-state index in [-0.39, 0.29) is 16.4 Å². The van der Waals surface area contributed by atoms with Crippen LogP contribution in [0.15, 0.2) is 29.2 Å². The summed E-state index contributed by atoms with van der Waals surface area (Å²) in [5.41, 5.74) is 2.19. The summed E-state index contributed by atoms with van der Waals surface area (Å²) >= 11 is 0. The number of piperidine rings is 1. The molecule has 1 amide bonds. The van der Waals surface area contributed by atoms with Gasteiger partial charge in [-0.3, -0.25) is 9.59 Å². The number of aryl methyl sites for hydroxylation is 1. The molecule has 0 saturated carbocycles. The molecule has 0 spiro atoms. The van der Waals surface area contributed by atoms with E-state index in [4.69, 9.17) is 0 Å². The van der Waals surface area contributed by atoms with E-state index in [1.807, 2.05) is 0 Å². The lowest BCUT2D eigenvalue weighted by atomic mass is 10.1. The van der Waals surface area contributed by atoms with Crippen LogP contribution in [-0.2, 0) is 10.0 Å². The van der Waals surface area contributed by atoms with Gasteiger partial charge in [-0.05, 0) is 63.4 Å². The maximum absolute atomic E-state index is 13.1. The summed E-state index contributed by atoms with van der Waals surface area (Å²) in [7, 11) is -3.64. The summed E-state index contributed by atoms with van der Waals surface area (Å²) in [5, 5.41) is 2.75. The smallest absolute Gasteiger partial charge is 0.272 e. The molecule has 3 rings (SSSR count). The van der Waals surface area contributed by atoms with Gasteiger partial charge in [-0.1, -0.05) is 6.42 Å². The molecule has 0 bridgehead atoms. The van der Waals surface area contributed by atoms with Crippen molar-refractivity contribution in [2.45, 2.75) is 44.9 Å². The van der Waals surface area contributed by atoms with E-state index in [1.54, 1.807) is 38.1 Å². The van der Waals surface area contributed by atoms with Crippen molar-refractivity contribution >= 4 is 27.4 Å². The first-order valence-corrected chi connectivity index (χ1v) is 10.8. The van der Waals surface area contributed by atoms with Crippen LogP contribution in [0.1, 0.15) is 58.3 Å². The molecule has 7 nitrogen and oxygen atoms in total. The first-order chi connectivity index (χ1) is 13.2. The minimum atomic E-state index is -3.64. The SMILES string of the molecule is CC(=O)c1ccc(NC(=O)c2[nH]c(C)c(S(=O)(=O)N3CCCCC3)c2C)cc1. The Morgan fingerprint density at radius 2 is 1.64 bits per heavy atom. The molecule has 1 saturated heterocycles. The normalized spacial score (nSPS) is 15.4. The summed E-state index contributed by atoms with van der Waals surface area (Å²) in [6.07, 6.45) is 2.74. The summed E-state index contributed by atoms with van der Waals surface area (Å²) in [5.74, 6) is -0.474. The van der Waals surface area contributed by atoms with E-state index >= 15 is 0 Å². The Kier molecular flexibility index (Phi) is 5.71. The fraction of sp³-hybridized carbons (Fsp3) is 0.400. The van der Waals surface area contributed by atoms with Gasteiger partial charge in [-0.25, -0.2) is 8.42 Å². The largest absolute Gasteiger partial charge is 0.353 e. The zero-order chi connectivity index (χ0) is 20.5. The highest BCUT2D eigenvalue weighted by Gasteiger charge is 2.32. The molecule has 1 aromatic carbocycles. The quantitative estimate of drug-likeness (QED) is 0.749. The van der Waals surface area contributed by atoms with Gasteiger partial charge in [-0.15, -0.1) is 0 Å². The van der Waals surface area contributed by atoms with Crippen molar-refractivity contribution < 1.29 is 18.0 Å². The fourth-order valence-corrected chi connectivity index (χ4v) is 5.49. The molecule has 1 fully saturated rings. The van der Waals surface area contributed by atoms with Crippen molar-refractivity contribution in [2.75, 3.05) is 18.4 Å². The van der Waals surface area contributed by atoms with Crippen LogP contribution in [0.4, 0.5) is 5.69 Å². The molecule has 1 aliphatic heterocycles. The molecule has 2 aromatic rings. The van der Waals surface area contributed by atoms with Gasteiger partial charge in [0.1, 0.15) is 10.6 Å². The van der Waals surface area contributed by atoms with Crippen LogP contribution in [-0.4, -0.2) is 42.5 Å². The third kappa shape index (κ3) is 3.88. The van der Waals surface area contributed by atoms with Crippen molar-refractivity contribution in [3.05, 3.63) is 46.8 Å². The lowest BCUT2D eigenvalue weighted by Gasteiger charge is -2.26. The van der Waals surface area contributed by atoms with Crippen LogP contribution in [0.25, 0.3) is 0 Å². The number of ketones is 1.